The van der Waals surface area contributed by atoms with E-state index < -0.39 is 10.0 Å². The SMILES string of the molecule is Cc1nc(-c2ccc(NS(=O)(=O)C3=CSCC=C3Br)cc2)nc2n[nH]c(N)c12. The van der Waals surface area contributed by atoms with Gasteiger partial charge in [-0.05, 0) is 52.5 Å². The number of hydrogen-bond donors (Lipinski definition) is 3. The van der Waals surface area contributed by atoms with E-state index in [1.54, 1.807) is 29.7 Å². The second-order valence-electron chi connectivity index (χ2n) is 6.02. The van der Waals surface area contributed by atoms with Gasteiger partial charge in [0.25, 0.3) is 10.0 Å². The van der Waals surface area contributed by atoms with Gasteiger partial charge >= 0.3 is 0 Å². The molecular formula is C17H15BrN6O2S2. The van der Waals surface area contributed by atoms with Gasteiger partial charge in [0.2, 0.25) is 0 Å². The number of halogens is 1. The number of thioether (sulfide) groups is 1. The van der Waals surface area contributed by atoms with Gasteiger partial charge in [0.05, 0.1) is 11.1 Å². The Kier molecular flexibility index (Phi) is 4.89. The van der Waals surface area contributed by atoms with Crippen molar-refractivity contribution in [1.82, 2.24) is 20.2 Å². The number of benzene rings is 1. The zero-order valence-electron chi connectivity index (χ0n) is 14.6. The summed E-state index contributed by atoms with van der Waals surface area (Å²) in [7, 11) is -3.68. The predicted molar refractivity (Wildman–Crippen MR) is 116 cm³/mol. The third-order valence-electron chi connectivity index (χ3n) is 4.09. The van der Waals surface area contributed by atoms with Crippen LogP contribution in [0.3, 0.4) is 0 Å². The van der Waals surface area contributed by atoms with Crippen LogP contribution in [-0.2, 0) is 10.0 Å². The minimum atomic E-state index is -3.68. The van der Waals surface area contributed by atoms with Gasteiger partial charge in [-0.2, -0.15) is 5.10 Å². The zero-order chi connectivity index (χ0) is 19.9. The number of nitrogens with one attached hydrogen (secondary N) is 2. The number of nitrogens with zero attached hydrogens (tertiary/aromatic N) is 3. The molecule has 0 amide bonds. The van der Waals surface area contributed by atoms with Gasteiger partial charge in [-0.15, -0.1) is 11.8 Å². The number of anilines is 2. The van der Waals surface area contributed by atoms with E-state index in [4.69, 9.17) is 5.73 Å². The number of nitrogen functional groups attached to an aromatic ring is 1. The molecular weight excluding hydrogens is 464 g/mol. The van der Waals surface area contributed by atoms with Crippen molar-refractivity contribution in [3.8, 4) is 11.4 Å². The Morgan fingerprint density at radius 2 is 2.00 bits per heavy atom. The van der Waals surface area contributed by atoms with Crippen molar-refractivity contribution in [1.29, 1.82) is 0 Å². The lowest BCUT2D eigenvalue weighted by Gasteiger charge is -2.14. The second-order valence-corrected chi connectivity index (χ2v) is 9.43. The lowest BCUT2D eigenvalue weighted by atomic mass is 10.2. The first-order chi connectivity index (χ1) is 13.3. The first-order valence-electron chi connectivity index (χ1n) is 8.14. The highest BCUT2D eigenvalue weighted by atomic mass is 79.9. The second kappa shape index (κ2) is 7.22. The number of aromatic nitrogens is 4. The molecule has 2 aromatic heterocycles. The number of aryl methyl sites for hydroxylation is 1. The van der Waals surface area contributed by atoms with E-state index in [2.05, 4.69) is 40.8 Å². The van der Waals surface area contributed by atoms with Gasteiger partial charge in [-0.25, -0.2) is 18.4 Å². The summed E-state index contributed by atoms with van der Waals surface area (Å²) in [5, 5.41) is 9.10. The quantitative estimate of drug-likeness (QED) is 0.523. The topological polar surface area (TPSA) is 127 Å². The summed E-state index contributed by atoms with van der Waals surface area (Å²) < 4.78 is 28.4. The lowest BCUT2D eigenvalue weighted by Crippen LogP contribution is -2.16. The molecule has 1 aliphatic rings. The van der Waals surface area contributed by atoms with Gasteiger partial charge in [-0.3, -0.25) is 9.82 Å². The largest absolute Gasteiger partial charge is 0.383 e. The molecule has 28 heavy (non-hydrogen) atoms. The molecule has 0 radical (unpaired) electrons. The molecule has 144 valence electrons. The van der Waals surface area contributed by atoms with Crippen LogP contribution in [0.1, 0.15) is 5.69 Å². The number of rotatable bonds is 4. The summed E-state index contributed by atoms with van der Waals surface area (Å²) in [6, 6.07) is 6.85. The number of nitrogens with two attached hydrogens (primary N) is 1. The van der Waals surface area contributed by atoms with E-state index in [1.807, 2.05) is 13.0 Å². The Morgan fingerprint density at radius 3 is 2.71 bits per heavy atom. The molecule has 3 aromatic rings. The molecule has 1 aromatic carbocycles. The smallest absolute Gasteiger partial charge is 0.263 e. The fourth-order valence-electron chi connectivity index (χ4n) is 2.74. The van der Waals surface area contributed by atoms with Crippen LogP contribution in [0, 0.1) is 6.92 Å². The minimum absolute atomic E-state index is 0.216. The van der Waals surface area contributed by atoms with Crippen LogP contribution in [0.15, 0.2) is 45.1 Å². The van der Waals surface area contributed by atoms with E-state index in [1.165, 1.54) is 11.8 Å². The number of hydrogen-bond acceptors (Lipinski definition) is 7. The average Bonchev–Trinajstić information content (AvgIpc) is 3.03. The lowest BCUT2D eigenvalue weighted by molar-refractivity contribution is 0.607. The summed E-state index contributed by atoms with van der Waals surface area (Å²) in [6.45, 7) is 1.84. The number of aromatic amines is 1. The first kappa shape index (κ1) is 19.0. The molecule has 4 rings (SSSR count). The molecule has 11 heteroatoms. The maximum atomic E-state index is 12.6. The Bertz CT molecular complexity index is 1230. The molecule has 0 saturated carbocycles. The van der Waals surface area contributed by atoms with Crippen molar-refractivity contribution in [2.75, 3.05) is 16.2 Å². The molecule has 0 spiro atoms. The summed E-state index contributed by atoms with van der Waals surface area (Å²) >= 11 is 4.73. The highest BCUT2D eigenvalue weighted by Gasteiger charge is 2.22. The molecule has 0 aliphatic carbocycles. The van der Waals surface area contributed by atoms with Crippen molar-refractivity contribution in [3.05, 3.63) is 50.8 Å². The van der Waals surface area contributed by atoms with Gasteiger partial charge in [0.1, 0.15) is 10.7 Å². The van der Waals surface area contributed by atoms with Crippen LogP contribution in [0.4, 0.5) is 11.5 Å². The summed E-state index contributed by atoms with van der Waals surface area (Å²) in [5.41, 5.74) is 8.23. The van der Waals surface area contributed by atoms with Crippen LogP contribution in [-0.4, -0.2) is 34.3 Å². The van der Waals surface area contributed by atoms with E-state index in [-0.39, 0.29) is 4.91 Å². The van der Waals surface area contributed by atoms with Crippen molar-refractivity contribution in [2.45, 2.75) is 6.92 Å². The highest BCUT2D eigenvalue weighted by molar-refractivity contribution is 9.12. The van der Waals surface area contributed by atoms with Gasteiger partial charge in [-0.1, -0.05) is 6.08 Å². The maximum Gasteiger partial charge on any atom is 0.263 e. The van der Waals surface area contributed by atoms with Gasteiger partial charge in [0.15, 0.2) is 11.5 Å². The fraction of sp³-hybridized carbons (Fsp3) is 0.118. The fourth-order valence-corrected chi connectivity index (χ4v) is 6.27. The molecule has 8 nitrogen and oxygen atoms in total. The van der Waals surface area contributed by atoms with Crippen LogP contribution in [0.25, 0.3) is 22.4 Å². The number of fused-ring (bicyclic) bond motifs is 1. The van der Waals surface area contributed by atoms with Crippen LogP contribution in [0.2, 0.25) is 0 Å². The van der Waals surface area contributed by atoms with E-state index >= 15 is 0 Å². The molecule has 0 fully saturated rings. The van der Waals surface area contributed by atoms with Crippen LogP contribution >= 0.6 is 27.7 Å². The van der Waals surface area contributed by atoms with Crippen molar-refractivity contribution in [3.63, 3.8) is 0 Å². The molecule has 0 atom stereocenters. The summed E-state index contributed by atoms with van der Waals surface area (Å²) in [4.78, 5) is 9.11. The Hall–Kier alpha value is -2.37. The molecule has 0 bridgehead atoms. The Balaban J connectivity index is 1.61. The van der Waals surface area contributed by atoms with E-state index in [0.29, 0.717) is 32.8 Å². The monoisotopic (exact) mass is 478 g/mol. The van der Waals surface area contributed by atoms with Crippen molar-refractivity contribution < 1.29 is 8.42 Å². The predicted octanol–water partition coefficient (Wildman–Crippen LogP) is 3.52. The Labute approximate surface area is 173 Å². The minimum Gasteiger partial charge on any atom is -0.383 e. The molecule has 4 N–H and O–H groups in total. The Morgan fingerprint density at radius 1 is 1.25 bits per heavy atom. The summed E-state index contributed by atoms with van der Waals surface area (Å²) in [6.07, 6.45) is 1.82. The highest BCUT2D eigenvalue weighted by Crippen LogP contribution is 2.31. The molecule has 3 heterocycles. The van der Waals surface area contributed by atoms with Crippen molar-refractivity contribution >= 4 is 60.3 Å². The number of H-pyrrole nitrogens is 1. The van der Waals surface area contributed by atoms with Crippen LogP contribution < -0.4 is 10.5 Å². The third kappa shape index (κ3) is 3.52. The third-order valence-corrected chi connectivity index (χ3v) is 7.44. The molecule has 1 aliphatic heterocycles. The van der Waals surface area contributed by atoms with E-state index in [0.717, 1.165) is 17.0 Å². The number of allylic oxidation sites excluding steroid dienone is 1. The van der Waals surface area contributed by atoms with Gasteiger partial charge < -0.3 is 5.73 Å². The molecule has 0 unspecified atom stereocenters. The average molecular weight is 479 g/mol. The maximum absolute atomic E-state index is 12.6. The first-order valence-corrected chi connectivity index (χ1v) is 11.5. The normalized spacial score (nSPS) is 14.6. The zero-order valence-corrected chi connectivity index (χ0v) is 17.8. The van der Waals surface area contributed by atoms with Crippen molar-refractivity contribution in [2.24, 2.45) is 0 Å². The van der Waals surface area contributed by atoms with E-state index in [9.17, 15) is 8.42 Å². The summed E-state index contributed by atoms with van der Waals surface area (Å²) in [5.74, 6) is 1.65. The van der Waals surface area contributed by atoms with Gasteiger partial charge in [0, 0.05) is 21.5 Å². The standard InChI is InChI=1S/C17H15BrN6O2S2/c1-9-14-15(19)22-23-17(14)21-16(20-9)10-2-4-11(5-3-10)24-28(25,26)13-8-27-7-6-12(13)18/h2-6,8,24H,7H2,1H3,(H3,19,20,21,22,23). The molecule has 0 saturated heterocycles. The van der Waals surface area contributed by atoms with Crippen LogP contribution in [0.5, 0.6) is 0 Å². The number of sulfonamides is 1.